The Morgan fingerprint density at radius 3 is 2.30 bits per heavy atom. The van der Waals surface area contributed by atoms with Crippen molar-refractivity contribution in [3.8, 4) is 5.75 Å². The fraction of sp³-hybridized carbons (Fsp3) is 0.261. The number of aliphatic carboxylic acids is 1. The van der Waals surface area contributed by atoms with Gasteiger partial charge in [0.25, 0.3) is 0 Å². The van der Waals surface area contributed by atoms with Crippen molar-refractivity contribution in [2.75, 3.05) is 31.1 Å². The highest BCUT2D eigenvalue weighted by atomic mass is 16.6. The van der Waals surface area contributed by atoms with E-state index in [1.54, 1.807) is 29.4 Å². The van der Waals surface area contributed by atoms with Crippen molar-refractivity contribution in [2.45, 2.75) is 12.6 Å². The largest absolute Gasteiger partial charge is 0.477 e. The van der Waals surface area contributed by atoms with Crippen LogP contribution >= 0.6 is 0 Å². The van der Waals surface area contributed by atoms with Crippen LogP contribution in [0.1, 0.15) is 6.92 Å². The number of anilines is 1. The number of piperazine rings is 1. The van der Waals surface area contributed by atoms with Gasteiger partial charge in [-0.1, -0.05) is 36.4 Å². The molecule has 0 saturated carbocycles. The summed E-state index contributed by atoms with van der Waals surface area (Å²) in [5.41, 5.74) is -1.06. The molecule has 0 radical (unpaired) electrons. The molecular weight excluding hydrogens is 382 g/mol. The molecule has 0 amide bonds. The third kappa shape index (κ3) is 3.48. The zero-order chi connectivity index (χ0) is 21.1. The average Bonchev–Trinajstić information content (AvgIpc) is 2.78. The van der Waals surface area contributed by atoms with Crippen LogP contribution in [0.4, 0.5) is 5.69 Å². The minimum atomic E-state index is -2.07. The molecule has 154 valence electrons. The molecule has 3 aromatic rings. The molecule has 0 aliphatic carbocycles. The van der Waals surface area contributed by atoms with E-state index in [2.05, 4.69) is 9.88 Å². The maximum atomic E-state index is 12.7. The van der Waals surface area contributed by atoms with Gasteiger partial charge < -0.3 is 14.7 Å². The highest BCUT2D eigenvalue weighted by Crippen LogP contribution is 2.32. The maximum Gasteiger partial charge on any atom is 0.372 e. The predicted octanol–water partition coefficient (Wildman–Crippen LogP) is 2.81. The van der Waals surface area contributed by atoms with Crippen molar-refractivity contribution in [3.05, 3.63) is 67.0 Å². The number of hydrogen-bond acceptors (Lipinski definition) is 6. The van der Waals surface area contributed by atoms with E-state index in [9.17, 15) is 14.7 Å². The number of carboxylic acids is 1. The Morgan fingerprint density at radius 2 is 1.63 bits per heavy atom. The summed E-state index contributed by atoms with van der Waals surface area (Å²) in [7, 11) is 0. The number of hydrogen-bond donors (Lipinski definition) is 1. The molecule has 1 atom stereocenters. The number of benzene rings is 2. The zero-order valence-corrected chi connectivity index (χ0v) is 16.7. The van der Waals surface area contributed by atoms with Crippen molar-refractivity contribution in [1.29, 1.82) is 0 Å². The predicted molar refractivity (Wildman–Crippen MR) is 114 cm³/mol. The van der Waals surface area contributed by atoms with Gasteiger partial charge in [-0.05, 0) is 23.6 Å². The van der Waals surface area contributed by atoms with Gasteiger partial charge in [0, 0.05) is 56.6 Å². The lowest BCUT2D eigenvalue weighted by atomic mass is 10.0. The van der Waals surface area contributed by atoms with Crippen LogP contribution in [0.25, 0.3) is 10.8 Å². The number of ether oxygens (including phenoxy) is 1. The fourth-order valence-corrected chi connectivity index (χ4v) is 3.97. The number of carboxylic acid groups (broad SMARTS) is 1. The first-order valence-corrected chi connectivity index (χ1v) is 9.83. The second-order valence-electron chi connectivity index (χ2n) is 7.26. The van der Waals surface area contributed by atoms with E-state index in [0.29, 0.717) is 31.9 Å². The molecule has 1 aliphatic rings. The van der Waals surface area contributed by atoms with Crippen LogP contribution in [0.5, 0.6) is 5.75 Å². The van der Waals surface area contributed by atoms with Gasteiger partial charge in [0.1, 0.15) is 5.75 Å². The number of pyridine rings is 1. The summed E-state index contributed by atoms with van der Waals surface area (Å²) in [6.45, 7) is 3.17. The molecule has 2 aromatic carbocycles. The standard InChI is InChI=1S/C23H23N3O4/c1-17(27)23(22(28)29,30-21-8-4-6-18-5-2-3-7-20(18)21)26-15-13-25(14-16-26)19-9-11-24-12-10-19/h2-12H,13-16H2,1H3,(H,28,29). The van der Waals surface area contributed by atoms with E-state index >= 15 is 0 Å². The Morgan fingerprint density at radius 1 is 0.967 bits per heavy atom. The number of ketones is 1. The van der Waals surface area contributed by atoms with Crippen LogP contribution in [0.2, 0.25) is 0 Å². The molecule has 7 heteroatoms. The molecule has 30 heavy (non-hydrogen) atoms. The first-order chi connectivity index (χ1) is 14.5. The lowest BCUT2D eigenvalue weighted by molar-refractivity contribution is -0.181. The lowest BCUT2D eigenvalue weighted by Crippen LogP contribution is -2.67. The van der Waals surface area contributed by atoms with E-state index in [1.807, 2.05) is 42.5 Å². The Kier molecular flexibility index (Phi) is 5.37. The summed E-state index contributed by atoms with van der Waals surface area (Å²) in [6, 6.07) is 16.8. The summed E-state index contributed by atoms with van der Waals surface area (Å²) in [6.07, 6.45) is 3.45. The van der Waals surface area contributed by atoms with Crippen LogP contribution in [-0.2, 0) is 9.59 Å². The topological polar surface area (TPSA) is 83.0 Å². The summed E-state index contributed by atoms with van der Waals surface area (Å²) in [4.78, 5) is 33.0. The normalized spacial score (nSPS) is 16.8. The Labute approximate surface area is 174 Å². The number of aromatic nitrogens is 1. The molecule has 2 heterocycles. The first-order valence-electron chi connectivity index (χ1n) is 9.83. The monoisotopic (exact) mass is 405 g/mol. The van der Waals surface area contributed by atoms with E-state index in [1.165, 1.54) is 6.92 Å². The van der Waals surface area contributed by atoms with Crippen molar-refractivity contribution in [3.63, 3.8) is 0 Å². The smallest absolute Gasteiger partial charge is 0.372 e. The molecule has 1 unspecified atom stereocenters. The Balaban J connectivity index is 1.65. The number of carbonyl (C=O) groups is 2. The van der Waals surface area contributed by atoms with Crippen LogP contribution in [0.3, 0.4) is 0 Å². The van der Waals surface area contributed by atoms with Gasteiger partial charge >= 0.3 is 11.7 Å². The quantitative estimate of drug-likeness (QED) is 0.632. The Hall–Kier alpha value is -3.45. The molecule has 1 fully saturated rings. The minimum absolute atomic E-state index is 0.374. The number of Topliss-reactive ketones (excluding diaryl/α,β-unsaturated/α-hetero) is 1. The van der Waals surface area contributed by atoms with Gasteiger partial charge in [-0.25, -0.2) is 9.69 Å². The molecule has 7 nitrogen and oxygen atoms in total. The van der Waals surface area contributed by atoms with E-state index < -0.39 is 17.5 Å². The molecule has 0 bridgehead atoms. The summed E-state index contributed by atoms with van der Waals surface area (Å²) < 4.78 is 6.07. The molecule has 1 aromatic heterocycles. The van der Waals surface area contributed by atoms with Crippen LogP contribution in [0, 0.1) is 0 Å². The molecule has 4 rings (SSSR count). The second-order valence-corrected chi connectivity index (χ2v) is 7.26. The van der Waals surface area contributed by atoms with Crippen molar-refractivity contribution in [2.24, 2.45) is 0 Å². The molecule has 1 aliphatic heterocycles. The maximum absolute atomic E-state index is 12.7. The summed E-state index contributed by atoms with van der Waals surface area (Å²) >= 11 is 0. The highest BCUT2D eigenvalue weighted by molar-refractivity contribution is 6.05. The van der Waals surface area contributed by atoms with Gasteiger partial charge in [-0.2, -0.15) is 0 Å². The van der Waals surface area contributed by atoms with Crippen molar-refractivity contribution >= 4 is 28.2 Å². The molecule has 1 N–H and O–H groups in total. The summed E-state index contributed by atoms with van der Waals surface area (Å²) in [5, 5.41) is 11.8. The third-order valence-corrected chi connectivity index (χ3v) is 5.53. The molecule has 1 saturated heterocycles. The number of fused-ring (bicyclic) bond motifs is 1. The number of rotatable bonds is 6. The third-order valence-electron chi connectivity index (χ3n) is 5.53. The van der Waals surface area contributed by atoms with Gasteiger partial charge in [-0.15, -0.1) is 0 Å². The first kappa shape index (κ1) is 19.8. The van der Waals surface area contributed by atoms with Crippen LogP contribution < -0.4 is 9.64 Å². The van der Waals surface area contributed by atoms with Gasteiger partial charge in [0.15, 0.2) is 0 Å². The lowest BCUT2D eigenvalue weighted by Gasteiger charge is -2.43. The zero-order valence-electron chi connectivity index (χ0n) is 16.7. The van der Waals surface area contributed by atoms with Gasteiger partial charge in [0.05, 0.1) is 0 Å². The second kappa shape index (κ2) is 8.12. The van der Waals surface area contributed by atoms with Gasteiger partial charge in [-0.3, -0.25) is 9.78 Å². The van der Waals surface area contributed by atoms with Crippen LogP contribution in [-0.4, -0.2) is 58.6 Å². The Bertz CT molecular complexity index is 1040. The minimum Gasteiger partial charge on any atom is -0.477 e. The molecule has 0 spiro atoms. The fourth-order valence-electron chi connectivity index (χ4n) is 3.97. The van der Waals surface area contributed by atoms with Crippen molar-refractivity contribution < 1.29 is 19.4 Å². The SMILES string of the molecule is CC(=O)C(Oc1cccc2ccccc12)(C(=O)O)N1CCN(c2ccncc2)CC1. The van der Waals surface area contributed by atoms with E-state index in [0.717, 1.165) is 16.5 Å². The van der Waals surface area contributed by atoms with Crippen molar-refractivity contribution in [1.82, 2.24) is 9.88 Å². The highest BCUT2D eigenvalue weighted by Gasteiger charge is 2.53. The average molecular weight is 405 g/mol. The van der Waals surface area contributed by atoms with E-state index in [4.69, 9.17) is 4.74 Å². The van der Waals surface area contributed by atoms with Crippen LogP contribution in [0.15, 0.2) is 67.0 Å². The number of carbonyl (C=O) groups excluding carboxylic acids is 1. The molecular formula is C23H23N3O4. The van der Waals surface area contributed by atoms with E-state index in [-0.39, 0.29) is 0 Å². The summed E-state index contributed by atoms with van der Waals surface area (Å²) in [5.74, 6) is -1.48. The van der Waals surface area contributed by atoms with Gasteiger partial charge in [0.2, 0.25) is 5.78 Å². The number of nitrogens with zero attached hydrogens (tertiary/aromatic N) is 3.